The van der Waals surface area contributed by atoms with Crippen LogP contribution in [0.3, 0.4) is 0 Å². The number of fused-ring (bicyclic) bond motifs is 1. The number of ether oxygens (including phenoxy) is 2. The Bertz CT molecular complexity index is 727. The van der Waals surface area contributed by atoms with Crippen LogP contribution < -0.4 is 14.8 Å². The molecule has 3 rings (SSSR count). The van der Waals surface area contributed by atoms with Gasteiger partial charge in [0.1, 0.15) is 23.3 Å². The highest BCUT2D eigenvalue weighted by Gasteiger charge is 2.22. The molecule has 0 aliphatic carbocycles. The second-order valence-electron chi connectivity index (χ2n) is 5.55. The topological polar surface area (TPSA) is 63.3 Å². The van der Waals surface area contributed by atoms with Crippen molar-refractivity contribution in [2.75, 3.05) is 6.61 Å². The first kappa shape index (κ1) is 15.7. The summed E-state index contributed by atoms with van der Waals surface area (Å²) in [5.41, 5.74) is 2.47. The van der Waals surface area contributed by atoms with E-state index in [-0.39, 0.29) is 12.0 Å². The molecule has 2 aromatic rings. The van der Waals surface area contributed by atoms with Crippen molar-refractivity contribution in [1.29, 1.82) is 0 Å². The molecule has 2 N–H and O–H groups in total. The van der Waals surface area contributed by atoms with E-state index in [9.17, 15) is 4.79 Å². The number of H-pyrrole nitrogens is 1. The lowest BCUT2D eigenvalue weighted by Gasteiger charge is -2.13. The van der Waals surface area contributed by atoms with E-state index >= 15 is 0 Å². The highest BCUT2D eigenvalue weighted by molar-refractivity contribution is 6.30. The van der Waals surface area contributed by atoms with Crippen LogP contribution in [0.15, 0.2) is 24.4 Å². The second-order valence-corrected chi connectivity index (χ2v) is 5.98. The van der Waals surface area contributed by atoms with Gasteiger partial charge in [-0.1, -0.05) is 11.6 Å². The number of aromatic amines is 1. The zero-order valence-electron chi connectivity index (χ0n) is 13.1. The maximum absolute atomic E-state index is 12.1. The fourth-order valence-corrected chi connectivity index (χ4v) is 2.84. The van der Waals surface area contributed by atoms with Gasteiger partial charge in [-0.05, 0) is 32.0 Å². The van der Waals surface area contributed by atoms with Crippen molar-refractivity contribution in [1.82, 2.24) is 10.3 Å². The molecule has 0 spiro atoms. The Labute approximate surface area is 139 Å². The van der Waals surface area contributed by atoms with Crippen molar-refractivity contribution in [2.24, 2.45) is 0 Å². The summed E-state index contributed by atoms with van der Waals surface area (Å²) >= 11 is 5.82. The van der Waals surface area contributed by atoms with Gasteiger partial charge in [0.05, 0.1) is 11.6 Å². The number of nitrogens with one attached hydrogen (secondary N) is 2. The smallest absolute Gasteiger partial charge is 0.268 e. The molecule has 2 heterocycles. The molecule has 1 aromatic heterocycles. The molecule has 1 aliphatic heterocycles. The standard InChI is InChI=1S/C17H19ClN2O3/c1-3-22-15-5-11-4-10(2)23-16(11)6-12(15)8-20-17(21)14-7-13(18)9-19-14/h5-7,9-10,19H,3-4,8H2,1-2H3,(H,20,21)/t10-/m0/s1. The fraction of sp³-hybridized carbons (Fsp3) is 0.353. The average Bonchev–Trinajstić information content (AvgIpc) is 3.09. The zero-order valence-corrected chi connectivity index (χ0v) is 13.9. The maximum Gasteiger partial charge on any atom is 0.268 e. The summed E-state index contributed by atoms with van der Waals surface area (Å²) in [4.78, 5) is 14.9. The number of halogens is 1. The number of aromatic nitrogens is 1. The molecule has 122 valence electrons. The van der Waals surface area contributed by atoms with Crippen LogP contribution in [0.2, 0.25) is 5.02 Å². The zero-order chi connectivity index (χ0) is 16.4. The average molecular weight is 335 g/mol. The van der Waals surface area contributed by atoms with Gasteiger partial charge in [0.25, 0.3) is 5.91 Å². The molecule has 0 unspecified atom stereocenters. The molecule has 6 heteroatoms. The van der Waals surface area contributed by atoms with E-state index in [0.29, 0.717) is 23.9 Å². The number of carbonyl (C=O) groups excluding carboxylic acids is 1. The Kier molecular flexibility index (Phi) is 4.48. The van der Waals surface area contributed by atoms with E-state index in [1.54, 1.807) is 12.3 Å². The van der Waals surface area contributed by atoms with Crippen LogP contribution in [-0.2, 0) is 13.0 Å². The lowest BCUT2D eigenvalue weighted by Crippen LogP contribution is -2.23. The summed E-state index contributed by atoms with van der Waals surface area (Å²) in [7, 11) is 0. The molecule has 1 aromatic carbocycles. The molecule has 1 amide bonds. The van der Waals surface area contributed by atoms with Crippen LogP contribution in [0, 0.1) is 0 Å². The SMILES string of the molecule is CCOc1cc2c(cc1CNC(=O)c1cc(Cl)c[nH]1)O[C@@H](C)C2. The lowest BCUT2D eigenvalue weighted by molar-refractivity contribution is 0.0946. The number of hydrogen-bond acceptors (Lipinski definition) is 3. The van der Waals surface area contributed by atoms with Crippen LogP contribution in [-0.4, -0.2) is 23.6 Å². The number of rotatable bonds is 5. The van der Waals surface area contributed by atoms with E-state index < -0.39 is 0 Å². The van der Waals surface area contributed by atoms with Gasteiger partial charge in [-0.3, -0.25) is 4.79 Å². The highest BCUT2D eigenvalue weighted by Crippen LogP contribution is 2.35. The van der Waals surface area contributed by atoms with Crippen LogP contribution in [0.25, 0.3) is 0 Å². The van der Waals surface area contributed by atoms with Crippen molar-refractivity contribution in [2.45, 2.75) is 32.9 Å². The predicted octanol–water partition coefficient (Wildman–Crippen LogP) is 3.32. The Hall–Kier alpha value is -2.14. The minimum Gasteiger partial charge on any atom is -0.494 e. The van der Waals surface area contributed by atoms with Crippen molar-refractivity contribution < 1.29 is 14.3 Å². The molecule has 5 nitrogen and oxygen atoms in total. The van der Waals surface area contributed by atoms with Crippen molar-refractivity contribution in [3.8, 4) is 11.5 Å². The Morgan fingerprint density at radius 3 is 3.00 bits per heavy atom. The van der Waals surface area contributed by atoms with E-state index in [4.69, 9.17) is 21.1 Å². The quantitative estimate of drug-likeness (QED) is 0.881. The van der Waals surface area contributed by atoms with Crippen molar-refractivity contribution in [3.05, 3.63) is 46.2 Å². The summed E-state index contributed by atoms with van der Waals surface area (Å²) in [5.74, 6) is 1.44. The molecule has 23 heavy (non-hydrogen) atoms. The number of hydrogen-bond donors (Lipinski definition) is 2. The molecule has 0 radical (unpaired) electrons. The largest absolute Gasteiger partial charge is 0.494 e. The molecule has 0 fully saturated rings. The first-order valence-electron chi connectivity index (χ1n) is 7.64. The van der Waals surface area contributed by atoms with Gasteiger partial charge in [-0.2, -0.15) is 0 Å². The van der Waals surface area contributed by atoms with Gasteiger partial charge in [0.15, 0.2) is 0 Å². The second kappa shape index (κ2) is 6.54. The molecule has 0 saturated carbocycles. The first-order chi connectivity index (χ1) is 11.1. The minimum absolute atomic E-state index is 0.172. The van der Waals surface area contributed by atoms with Gasteiger partial charge in [0.2, 0.25) is 0 Å². The molecule has 1 aliphatic rings. The third kappa shape index (κ3) is 3.45. The molecular formula is C17H19ClN2O3. The summed E-state index contributed by atoms with van der Waals surface area (Å²) < 4.78 is 11.5. The van der Waals surface area contributed by atoms with Gasteiger partial charge >= 0.3 is 0 Å². The molecular weight excluding hydrogens is 316 g/mol. The van der Waals surface area contributed by atoms with E-state index in [2.05, 4.69) is 10.3 Å². The normalized spacial score (nSPS) is 15.9. The number of benzene rings is 1. The first-order valence-corrected chi connectivity index (χ1v) is 8.02. The summed E-state index contributed by atoms with van der Waals surface area (Å²) in [6.45, 7) is 4.91. The van der Waals surface area contributed by atoms with E-state index in [1.807, 2.05) is 26.0 Å². The third-order valence-corrected chi connectivity index (χ3v) is 3.93. The van der Waals surface area contributed by atoms with Gasteiger partial charge < -0.3 is 19.8 Å². The fourth-order valence-electron chi connectivity index (χ4n) is 2.68. The lowest BCUT2D eigenvalue weighted by atomic mass is 10.1. The number of amides is 1. The monoisotopic (exact) mass is 334 g/mol. The van der Waals surface area contributed by atoms with E-state index in [0.717, 1.165) is 29.0 Å². The van der Waals surface area contributed by atoms with Gasteiger partial charge in [0, 0.05) is 30.3 Å². The van der Waals surface area contributed by atoms with Crippen LogP contribution >= 0.6 is 11.6 Å². The number of carbonyl (C=O) groups is 1. The minimum atomic E-state index is -0.214. The predicted molar refractivity (Wildman–Crippen MR) is 88.4 cm³/mol. The van der Waals surface area contributed by atoms with Crippen LogP contribution in [0.5, 0.6) is 11.5 Å². The van der Waals surface area contributed by atoms with Gasteiger partial charge in [-0.25, -0.2) is 0 Å². The molecule has 1 atom stereocenters. The maximum atomic E-state index is 12.1. The summed E-state index contributed by atoms with van der Waals surface area (Å²) in [5, 5.41) is 3.37. The van der Waals surface area contributed by atoms with Crippen molar-refractivity contribution in [3.63, 3.8) is 0 Å². The van der Waals surface area contributed by atoms with Crippen LogP contribution in [0.1, 0.15) is 35.5 Å². The van der Waals surface area contributed by atoms with Crippen LogP contribution in [0.4, 0.5) is 0 Å². The third-order valence-electron chi connectivity index (χ3n) is 3.71. The molecule has 0 bridgehead atoms. The Morgan fingerprint density at radius 2 is 2.30 bits per heavy atom. The van der Waals surface area contributed by atoms with E-state index in [1.165, 1.54) is 0 Å². The Balaban J connectivity index is 1.76. The Morgan fingerprint density at radius 1 is 1.48 bits per heavy atom. The molecule has 0 saturated heterocycles. The van der Waals surface area contributed by atoms with Crippen molar-refractivity contribution >= 4 is 17.5 Å². The summed E-state index contributed by atoms with van der Waals surface area (Å²) in [6.07, 6.45) is 2.63. The van der Waals surface area contributed by atoms with Gasteiger partial charge in [-0.15, -0.1) is 0 Å². The highest BCUT2D eigenvalue weighted by atomic mass is 35.5. The summed E-state index contributed by atoms with van der Waals surface area (Å²) in [6, 6.07) is 5.55.